The van der Waals surface area contributed by atoms with E-state index >= 15 is 0 Å². The van der Waals surface area contributed by atoms with Crippen molar-refractivity contribution >= 4 is 44.8 Å². The average Bonchev–Trinajstić information content (AvgIpc) is 2.90. The van der Waals surface area contributed by atoms with E-state index < -0.39 is 17.9 Å². The molecule has 5 nitrogen and oxygen atoms in total. The molecule has 1 atom stereocenters. The molecule has 0 bridgehead atoms. The molecule has 2 rings (SSSR count). The number of anilines is 1. The third-order valence-corrected chi connectivity index (χ3v) is 4.22. The summed E-state index contributed by atoms with van der Waals surface area (Å²) in [6.45, 7) is 0. The largest absolute Gasteiger partial charge is 0.479 e. The molecule has 0 spiro atoms. The van der Waals surface area contributed by atoms with E-state index in [1.165, 1.54) is 11.3 Å². The number of carboxylic acid groups (broad SMARTS) is 1. The van der Waals surface area contributed by atoms with Gasteiger partial charge in [-0.2, -0.15) is 0 Å². The lowest BCUT2D eigenvalue weighted by Gasteiger charge is -2.16. The van der Waals surface area contributed by atoms with Crippen LogP contribution in [0.4, 0.5) is 5.69 Å². The van der Waals surface area contributed by atoms with Crippen LogP contribution in [0.15, 0.2) is 40.2 Å². The number of nitrogens with two attached hydrogens (primary N) is 1. The molecule has 0 aliphatic rings. The Morgan fingerprint density at radius 1 is 1.35 bits per heavy atom. The van der Waals surface area contributed by atoms with Crippen LogP contribution in [0.5, 0.6) is 0 Å². The topological polar surface area (TPSA) is 92.4 Å². The highest BCUT2D eigenvalue weighted by molar-refractivity contribution is 9.10. The first-order valence-corrected chi connectivity index (χ1v) is 7.28. The normalized spacial score (nSPS) is 11.8. The summed E-state index contributed by atoms with van der Waals surface area (Å²) in [6, 6.07) is 7.42. The van der Waals surface area contributed by atoms with Crippen LogP contribution < -0.4 is 11.1 Å². The Morgan fingerprint density at radius 2 is 2.10 bits per heavy atom. The molecule has 2 aromatic rings. The van der Waals surface area contributed by atoms with Gasteiger partial charge in [0.05, 0.1) is 0 Å². The first-order valence-electron chi connectivity index (χ1n) is 5.61. The monoisotopic (exact) mass is 354 g/mol. The first-order chi connectivity index (χ1) is 9.49. The van der Waals surface area contributed by atoms with Crippen molar-refractivity contribution < 1.29 is 14.7 Å². The van der Waals surface area contributed by atoms with Gasteiger partial charge < -0.3 is 16.2 Å². The van der Waals surface area contributed by atoms with Gasteiger partial charge in [0.2, 0.25) is 5.91 Å². The maximum Gasteiger partial charge on any atom is 0.331 e. The smallest absolute Gasteiger partial charge is 0.331 e. The van der Waals surface area contributed by atoms with Crippen LogP contribution >= 0.6 is 27.3 Å². The summed E-state index contributed by atoms with van der Waals surface area (Å²) >= 11 is 4.66. The number of carbonyl (C=O) groups is 2. The number of primary amides is 1. The molecule has 1 aromatic carbocycles. The Kier molecular flexibility index (Phi) is 4.41. The molecular formula is C13H11BrN2O3S. The lowest BCUT2D eigenvalue weighted by molar-refractivity contribution is -0.138. The van der Waals surface area contributed by atoms with Gasteiger partial charge in [0, 0.05) is 20.6 Å². The fourth-order valence-electron chi connectivity index (χ4n) is 1.65. The molecule has 1 aromatic heterocycles. The van der Waals surface area contributed by atoms with Crippen molar-refractivity contribution in [1.82, 2.24) is 0 Å². The van der Waals surface area contributed by atoms with Crippen LogP contribution in [0.3, 0.4) is 0 Å². The standard InChI is InChI=1S/C13H11BrN2O3S/c14-8-6-7(12(15)17)3-4-9(8)16-11(13(18)19)10-2-1-5-20-10/h1-6,11,16H,(H2,15,17)(H,18,19). The van der Waals surface area contributed by atoms with Gasteiger partial charge in [0.15, 0.2) is 6.04 Å². The molecule has 7 heteroatoms. The Bertz CT molecular complexity index is 643. The van der Waals surface area contributed by atoms with Crippen LogP contribution in [-0.4, -0.2) is 17.0 Å². The predicted octanol–water partition coefficient (Wildman–Crippen LogP) is 2.85. The minimum absolute atomic E-state index is 0.352. The van der Waals surface area contributed by atoms with E-state index in [2.05, 4.69) is 21.2 Å². The quantitative estimate of drug-likeness (QED) is 0.769. The van der Waals surface area contributed by atoms with Crippen molar-refractivity contribution in [2.45, 2.75) is 6.04 Å². The summed E-state index contributed by atoms with van der Waals surface area (Å²) in [4.78, 5) is 23.1. The van der Waals surface area contributed by atoms with Crippen LogP contribution in [0.25, 0.3) is 0 Å². The SMILES string of the molecule is NC(=O)c1ccc(NC(C(=O)O)c2cccs2)c(Br)c1. The highest BCUT2D eigenvalue weighted by atomic mass is 79.9. The highest BCUT2D eigenvalue weighted by Gasteiger charge is 2.21. The molecule has 0 fully saturated rings. The maximum atomic E-state index is 11.3. The summed E-state index contributed by atoms with van der Waals surface area (Å²) in [7, 11) is 0. The van der Waals surface area contributed by atoms with Gasteiger partial charge in [0.25, 0.3) is 0 Å². The van der Waals surface area contributed by atoms with Gasteiger partial charge >= 0.3 is 5.97 Å². The second-order valence-electron chi connectivity index (χ2n) is 3.99. The van der Waals surface area contributed by atoms with E-state index in [4.69, 9.17) is 5.73 Å². The second kappa shape index (κ2) is 6.06. The van der Waals surface area contributed by atoms with Gasteiger partial charge in [-0.1, -0.05) is 6.07 Å². The van der Waals surface area contributed by atoms with Crippen molar-refractivity contribution in [3.8, 4) is 0 Å². The predicted molar refractivity (Wildman–Crippen MR) is 81.0 cm³/mol. The number of rotatable bonds is 5. The minimum atomic E-state index is -0.974. The number of thiophene rings is 1. The van der Waals surface area contributed by atoms with Gasteiger partial charge in [0.1, 0.15) is 0 Å². The van der Waals surface area contributed by atoms with Gasteiger partial charge in [-0.25, -0.2) is 4.79 Å². The van der Waals surface area contributed by atoms with Crippen molar-refractivity contribution in [3.63, 3.8) is 0 Å². The van der Waals surface area contributed by atoms with E-state index in [1.807, 2.05) is 5.38 Å². The molecule has 104 valence electrons. The molecule has 0 saturated heterocycles. The Morgan fingerprint density at radius 3 is 2.60 bits per heavy atom. The Balaban J connectivity index is 2.28. The molecule has 1 amide bonds. The second-order valence-corrected chi connectivity index (χ2v) is 5.82. The molecule has 0 radical (unpaired) electrons. The zero-order valence-corrected chi connectivity index (χ0v) is 12.6. The number of carbonyl (C=O) groups excluding carboxylic acids is 1. The van der Waals surface area contributed by atoms with Crippen LogP contribution in [0.1, 0.15) is 21.3 Å². The molecule has 0 aliphatic carbocycles. The number of hydrogen-bond donors (Lipinski definition) is 3. The van der Waals surface area contributed by atoms with E-state index in [0.29, 0.717) is 20.6 Å². The first kappa shape index (κ1) is 14.5. The summed E-state index contributed by atoms with van der Waals surface area (Å²) < 4.78 is 0.580. The zero-order chi connectivity index (χ0) is 14.7. The number of amides is 1. The maximum absolute atomic E-state index is 11.3. The van der Waals surface area contributed by atoms with E-state index in [1.54, 1.807) is 30.3 Å². The van der Waals surface area contributed by atoms with Gasteiger partial charge in [-0.05, 0) is 45.6 Å². The number of benzene rings is 1. The number of nitrogens with one attached hydrogen (secondary N) is 1. The van der Waals surface area contributed by atoms with Crippen molar-refractivity contribution in [2.75, 3.05) is 5.32 Å². The fraction of sp³-hybridized carbons (Fsp3) is 0.0769. The fourth-order valence-corrected chi connectivity index (χ4v) is 2.91. The highest BCUT2D eigenvalue weighted by Crippen LogP contribution is 2.29. The molecule has 1 unspecified atom stereocenters. The van der Waals surface area contributed by atoms with Crippen LogP contribution in [0.2, 0.25) is 0 Å². The summed E-state index contributed by atoms with van der Waals surface area (Å²) in [5, 5.41) is 14.0. The number of halogens is 1. The summed E-state index contributed by atoms with van der Waals surface area (Å²) in [6.07, 6.45) is 0. The van der Waals surface area contributed by atoms with Crippen LogP contribution in [-0.2, 0) is 4.79 Å². The van der Waals surface area contributed by atoms with Crippen molar-refractivity contribution in [1.29, 1.82) is 0 Å². The van der Waals surface area contributed by atoms with E-state index in [0.717, 1.165) is 0 Å². The molecule has 0 aliphatic heterocycles. The van der Waals surface area contributed by atoms with E-state index in [-0.39, 0.29) is 0 Å². The molecule has 1 heterocycles. The number of aliphatic carboxylic acids is 1. The molecule has 4 N–H and O–H groups in total. The van der Waals surface area contributed by atoms with Gasteiger partial charge in [-0.3, -0.25) is 4.79 Å². The van der Waals surface area contributed by atoms with Crippen molar-refractivity contribution in [2.24, 2.45) is 5.73 Å². The molecule has 20 heavy (non-hydrogen) atoms. The summed E-state index contributed by atoms with van der Waals surface area (Å²) in [5.41, 5.74) is 6.12. The molecule has 0 saturated carbocycles. The average molecular weight is 355 g/mol. The van der Waals surface area contributed by atoms with Gasteiger partial charge in [-0.15, -0.1) is 11.3 Å². The molecular weight excluding hydrogens is 344 g/mol. The third-order valence-electron chi connectivity index (χ3n) is 2.63. The zero-order valence-electron chi connectivity index (χ0n) is 10.2. The number of carboxylic acids is 1. The Hall–Kier alpha value is -1.86. The van der Waals surface area contributed by atoms with Crippen LogP contribution in [0, 0.1) is 0 Å². The minimum Gasteiger partial charge on any atom is -0.479 e. The number of hydrogen-bond acceptors (Lipinski definition) is 4. The Labute approximate surface area is 127 Å². The van der Waals surface area contributed by atoms with E-state index in [9.17, 15) is 14.7 Å². The lowest BCUT2D eigenvalue weighted by Crippen LogP contribution is -2.20. The lowest BCUT2D eigenvalue weighted by atomic mass is 10.1. The van der Waals surface area contributed by atoms with Crippen molar-refractivity contribution in [3.05, 3.63) is 50.6 Å². The third kappa shape index (κ3) is 3.17. The summed E-state index contributed by atoms with van der Waals surface area (Å²) in [5.74, 6) is -1.51.